The molecule has 0 amide bonds. The van der Waals surface area contributed by atoms with Gasteiger partial charge in [-0.3, -0.25) is 4.31 Å². The van der Waals surface area contributed by atoms with Gasteiger partial charge in [0, 0.05) is 24.7 Å². The maximum atomic E-state index is 11.8. The van der Waals surface area contributed by atoms with Gasteiger partial charge in [-0.25, -0.2) is 8.42 Å². The van der Waals surface area contributed by atoms with Crippen LogP contribution in [0.4, 0.5) is 11.4 Å². The van der Waals surface area contributed by atoms with Gasteiger partial charge in [0.2, 0.25) is 10.0 Å². The lowest BCUT2D eigenvalue weighted by atomic mass is 9.89. The first kappa shape index (κ1) is 22.2. The molecule has 0 unspecified atom stereocenters. The molecular formula is C21H27N3O4S2. The second-order valence-corrected chi connectivity index (χ2v) is 10.3. The molecule has 9 heteroatoms. The molecule has 0 radical (unpaired) electrons. The third kappa shape index (κ3) is 5.14. The summed E-state index contributed by atoms with van der Waals surface area (Å²) in [7, 11) is -0.203. The number of ether oxygens (including phenoxy) is 2. The molecule has 0 saturated heterocycles. The molecule has 1 aliphatic heterocycles. The van der Waals surface area contributed by atoms with Crippen LogP contribution in [0.25, 0.3) is 0 Å². The molecular weight excluding hydrogens is 422 g/mol. The molecule has 0 fully saturated rings. The van der Waals surface area contributed by atoms with Gasteiger partial charge in [0.15, 0.2) is 5.11 Å². The number of thiocarbonyl (C=S) groups is 1. The zero-order valence-electron chi connectivity index (χ0n) is 17.7. The third-order valence-corrected chi connectivity index (χ3v) is 6.37. The minimum atomic E-state index is -3.35. The molecule has 0 bridgehead atoms. The number of hydrogen-bond acceptors (Lipinski definition) is 5. The van der Waals surface area contributed by atoms with E-state index in [0.29, 0.717) is 22.9 Å². The number of nitrogens with one attached hydrogen (secondary N) is 2. The van der Waals surface area contributed by atoms with Gasteiger partial charge in [0.05, 0.1) is 25.1 Å². The summed E-state index contributed by atoms with van der Waals surface area (Å²) in [5, 5.41) is 6.95. The summed E-state index contributed by atoms with van der Waals surface area (Å²) < 4.78 is 36.3. The molecule has 1 aliphatic rings. The molecule has 7 nitrogen and oxygen atoms in total. The van der Waals surface area contributed by atoms with E-state index in [0.717, 1.165) is 23.3 Å². The fraction of sp³-hybridized carbons (Fsp3) is 0.381. The fourth-order valence-corrected chi connectivity index (χ4v) is 4.14. The zero-order chi connectivity index (χ0) is 22.1. The predicted molar refractivity (Wildman–Crippen MR) is 124 cm³/mol. The Morgan fingerprint density at radius 3 is 2.67 bits per heavy atom. The molecule has 1 heterocycles. The first-order chi connectivity index (χ1) is 14.0. The number of sulfonamides is 1. The van der Waals surface area contributed by atoms with Crippen LogP contribution in [0.1, 0.15) is 31.9 Å². The molecule has 30 heavy (non-hydrogen) atoms. The van der Waals surface area contributed by atoms with Gasteiger partial charge >= 0.3 is 0 Å². The van der Waals surface area contributed by atoms with Crippen molar-refractivity contribution in [3.05, 3.63) is 48.0 Å². The molecule has 2 aromatic rings. The Kier molecular flexibility index (Phi) is 6.14. The van der Waals surface area contributed by atoms with E-state index in [1.54, 1.807) is 25.3 Å². The first-order valence-corrected chi connectivity index (χ1v) is 11.7. The number of hydrogen-bond donors (Lipinski definition) is 2. The Morgan fingerprint density at radius 2 is 2.00 bits per heavy atom. The molecule has 162 valence electrons. The maximum Gasteiger partial charge on any atom is 0.231 e. The van der Waals surface area contributed by atoms with Crippen molar-refractivity contribution in [2.75, 3.05) is 30.0 Å². The van der Waals surface area contributed by atoms with Crippen molar-refractivity contribution in [3.8, 4) is 11.5 Å². The van der Waals surface area contributed by atoms with E-state index in [-0.39, 0.29) is 11.6 Å². The molecule has 3 rings (SSSR count). The average molecular weight is 450 g/mol. The van der Waals surface area contributed by atoms with E-state index in [4.69, 9.17) is 21.7 Å². The lowest BCUT2D eigenvalue weighted by molar-refractivity contribution is 0.0695. The van der Waals surface area contributed by atoms with E-state index >= 15 is 0 Å². The third-order valence-electron chi connectivity index (χ3n) is 4.94. The minimum absolute atomic E-state index is 0.0688. The Bertz CT molecular complexity index is 1050. The van der Waals surface area contributed by atoms with Crippen molar-refractivity contribution < 1.29 is 17.9 Å². The van der Waals surface area contributed by atoms with E-state index in [2.05, 4.69) is 10.6 Å². The SMILES string of the molecule is COc1ccc2c(c1)[C@@H](NC(=S)Nc1cccc(N(C)S(C)(=O)=O)c1)CC(C)(C)O2. The van der Waals surface area contributed by atoms with Crippen molar-refractivity contribution in [2.24, 2.45) is 0 Å². The second kappa shape index (κ2) is 8.31. The Balaban J connectivity index is 1.78. The Hall–Kier alpha value is -2.52. The molecule has 0 saturated carbocycles. The van der Waals surface area contributed by atoms with Crippen molar-refractivity contribution in [1.29, 1.82) is 0 Å². The van der Waals surface area contributed by atoms with E-state index in [1.165, 1.54) is 11.4 Å². The maximum absolute atomic E-state index is 11.8. The quantitative estimate of drug-likeness (QED) is 0.674. The highest BCUT2D eigenvalue weighted by molar-refractivity contribution is 7.92. The highest BCUT2D eigenvalue weighted by Crippen LogP contribution is 2.41. The summed E-state index contributed by atoms with van der Waals surface area (Å²) in [6.45, 7) is 4.08. The van der Waals surface area contributed by atoms with Crippen LogP contribution in [0.3, 0.4) is 0 Å². The van der Waals surface area contributed by atoms with Crippen LogP contribution in [0, 0.1) is 0 Å². The highest BCUT2D eigenvalue weighted by atomic mass is 32.2. The predicted octanol–water partition coefficient (Wildman–Crippen LogP) is 3.68. The first-order valence-electron chi connectivity index (χ1n) is 9.47. The number of anilines is 2. The summed E-state index contributed by atoms with van der Waals surface area (Å²) in [6.07, 6.45) is 1.88. The van der Waals surface area contributed by atoms with Gasteiger partial charge in [-0.05, 0) is 62.5 Å². The van der Waals surface area contributed by atoms with Gasteiger partial charge in [0.1, 0.15) is 17.1 Å². The smallest absolute Gasteiger partial charge is 0.231 e. The van der Waals surface area contributed by atoms with Crippen molar-refractivity contribution >= 4 is 38.7 Å². The molecule has 1 atom stereocenters. The van der Waals surface area contributed by atoms with Gasteiger partial charge in [-0.15, -0.1) is 0 Å². The molecule has 0 aromatic heterocycles. The number of benzene rings is 2. The summed E-state index contributed by atoms with van der Waals surface area (Å²) in [5.74, 6) is 1.54. The Morgan fingerprint density at radius 1 is 1.27 bits per heavy atom. The summed E-state index contributed by atoms with van der Waals surface area (Å²) in [6, 6.07) is 12.7. The van der Waals surface area contributed by atoms with E-state index in [1.807, 2.05) is 38.1 Å². The van der Waals surface area contributed by atoms with Crippen LogP contribution in [-0.4, -0.2) is 39.5 Å². The zero-order valence-corrected chi connectivity index (χ0v) is 19.4. The summed E-state index contributed by atoms with van der Waals surface area (Å²) in [5.41, 5.74) is 1.86. The average Bonchev–Trinajstić information content (AvgIpc) is 2.65. The number of methoxy groups -OCH3 is 1. The van der Waals surface area contributed by atoms with Crippen LogP contribution in [0.15, 0.2) is 42.5 Å². The van der Waals surface area contributed by atoms with Crippen LogP contribution in [0.5, 0.6) is 11.5 Å². The normalized spacial score (nSPS) is 17.3. The van der Waals surface area contributed by atoms with Gasteiger partial charge in [-0.2, -0.15) is 0 Å². The van der Waals surface area contributed by atoms with Crippen molar-refractivity contribution in [3.63, 3.8) is 0 Å². The lowest BCUT2D eigenvalue weighted by Crippen LogP contribution is -2.42. The van der Waals surface area contributed by atoms with Crippen molar-refractivity contribution in [1.82, 2.24) is 5.32 Å². The van der Waals surface area contributed by atoms with Gasteiger partial charge in [0.25, 0.3) is 0 Å². The molecule has 0 aliphatic carbocycles. The monoisotopic (exact) mass is 449 g/mol. The topological polar surface area (TPSA) is 79.9 Å². The van der Waals surface area contributed by atoms with Gasteiger partial charge < -0.3 is 20.1 Å². The largest absolute Gasteiger partial charge is 0.497 e. The number of rotatable bonds is 5. The van der Waals surface area contributed by atoms with E-state index in [9.17, 15) is 8.42 Å². The fourth-order valence-electron chi connectivity index (χ4n) is 3.38. The summed E-state index contributed by atoms with van der Waals surface area (Å²) >= 11 is 5.54. The molecule has 0 spiro atoms. The van der Waals surface area contributed by atoms with Crippen LogP contribution in [-0.2, 0) is 10.0 Å². The highest BCUT2D eigenvalue weighted by Gasteiger charge is 2.34. The van der Waals surface area contributed by atoms with Crippen LogP contribution < -0.4 is 24.4 Å². The van der Waals surface area contributed by atoms with Gasteiger partial charge in [-0.1, -0.05) is 6.07 Å². The number of fused-ring (bicyclic) bond motifs is 1. The summed E-state index contributed by atoms with van der Waals surface area (Å²) in [4.78, 5) is 0. The lowest BCUT2D eigenvalue weighted by Gasteiger charge is -2.38. The van der Waals surface area contributed by atoms with Crippen LogP contribution in [0.2, 0.25) is 0 Å². The second-order valence-electron chi connectivity index (χ2n) is 7.90. The van der Waals surface area contributed by atoms with Crippen LogP contribution >= 0.6 is 12.2 Å². The number of nitrogens with zero attached hydrogens (tertiary/aromatic N) is 1. The molecule has 2 N–H and O–H groups in total. The minimum Gasteiger partial charge on any atom is -0.497 e. The Labute approximate surface area is 183 Å². The standard InChI is InChI=1S/C21H27N3O4S2/c1-21(2)13-18(17-12-16(27-4)9-10-19(17)28-21)23-20(29)22-14-7-6-8-15(11-14)24(3)30(5,25)26/h6-12,18H,13H2,1-5H3,(H2,22,23,29)/t18-/m0/s1. The van der Waals surface area contributed by atoms with Crippen molar-refractivity contribution in [2.45, 2.75) is 31.9 Å². The molecule has 2 aromatic carbocycles. The van der Waals surface area contributed by atoms with E-state index < -0.39 is 10.0 Å².